The van der Waals surface area contributed by atoms with Crippen molar-refractivity contribution in [1.29, 1.82) is 0 Å². The van der Waals surface area contributed by atoms with E-state index in [1.54, 1.807) is 6.92 Å². The fourth-order valence-corrected chi connectivity index (χ4v) is 1.43. The standard InChI is InChI=1S/C10H16ClN5O/c1-5(2)14-7(17)4-13-9-8(12)6(3)15-10(11)16-9/h5H,4,12H2,1-3H3,(H,14,17)(H,13,15,16). The lowest BCUT2D eigenvalue weighted by atomic mass is 10.3. The second-order valence-corrected chi connectivity index (χ2v) is 4.25. The fourth-order valence-electron chi connectivity index (χ4n) is 1.22. The first-order chi connectivity index (χ1) is 7.90. The van der Waals surface area contributed by atoms with Gasteiger partial charge >= 0.3 is 0 Å². The van der Waals surface area contributed by atoms with Gasteiger partial charge in [-0.15, -0.1) is 0 Å². The number of nitrogens with one attached hydrogen (secondary N) is 2. The van der Waals surface area contributed by atoms with Gasteiger partial charge in [-0.2, -0.15) is 4.98 Å². The molecule has 0 fully saturated rings. The smallest absolute Gasteiger partial charge is 0.239 e. The Morgan fingerprint density at radius 1 is 1.47 bits per heavy atom. The van der Waals surface area contributed by atoms with Gasteiger partial charge in [0.05, 0.1) is 17.9 Å². The van der Waals surface area contributed by atoms with Crippen LogP contribution < -0.4 is 16.4 Å². The highest BCUT2D eigenvalue weighted by atomic mass is 35.5. The third kappa shape index (κ3) is 4.07. The molecule has 0 aliphatic carbocycles. The molecule has 17 heavy (non-hydrogen) atoms. The van der Waals surface area contributed by atoms with Crippen LogP contribution in [0.15, 0.2) is 0 Å². The second-order valence-electron chi connectivity index (χ2n) is 3.92. The van der Waals surface area contributed by atoms with Gasteiger partial charge in [0.15, 0.2) is 5.82 Å². The molecule has 0 atom stereocenters. The van der Waals surface area contributed by atoms with Gasteiger partial charge in [0.1, 0.15) is 0 Å². The highest BCUT2D eigenvalue weighted by Crippen LogP contribution is 2.19. The molecule has 7 heteroatoms. The Balaban J connectivity index is 2.66. The molecule has 0 aromatic carbocycles. The number of rotatable bonds is 4. The average Bonchev–Trinajstić information content (AvgIpc) is 2.20. The van der Waals surface area contributed by atoms with Gasteiger partial charge in [0.2, 0.25) is 11.2 Å². The molecule has 0 bridgehead atoms. The first kappa shape index (κ1) is 13.5. The maximum Gasteiger partial charge on any atom is 0.239 e. The lowest BCUT2D eigenvalue weighted by Gasteiger charge is -2.11. The molecule has 1 aromatic rings. The molecule has 1 aromatic heterocycles. The van der Waals surface area contributed by atoms with Gasteiger partial charge in [0.25, 0.3) is 0 Å². The number of aromatic nitrogens is 2. The third-order valence-electron chi connectivity index (χ3n) is 1.97. The number of nitrogens with two attached hydrogens (primary N) is 1. The topological polar surface area (TPSA) is 92.9 Å². The monoisotopic (exact) mass is 257 g/mol. The number of carbonyl (C=O) groups is 1. The largest absolute Gasteiger partial charge is 0.394 e. The predicted octanol–water partition coefficient (Wildman–Crippen LogP) is 0.957. The van der Waals surface area contributed by atoms with Crippen LogP contribution in [0, 0.1) is 6.92 Å². The summed E-state index contributed by atoms with van der Waals surface area (Å²) < 4.78 is 0. The van der Waals surface area contributed by atoms with Crippen LogP contribution in [0.4, 0.5) is 11.5 Å². The number of amides is 1. The zero-order chi connectivity index (χ0) is 13.0. The minimum absolute atomic E-state index is 0.0924. The first-order valence-corrected chi connectivity index (χ1v) is 5.60. The minimum Gasteiger partial charge on any atom is -0.394 e. The summed E-state index contributed by atoms with van der Waals surface area (Å²) in [5.41, 5.74) is 6.74. The van der Waals surface area contributed by atoms with Gasteiger partial charge in [-0.1, -0.05) is 0 Å². The molecular formula is C10H16ClN5O. The van der Waals surface area contributed by atoms with Crippen LogP contribution >= 0.6 is 11.6 Å². The van der Waals surface area contributed by atoms with E-state index < -0.39 is 0 Å². The van der Waals surface area contributed by atoms with Crippen LogP contribution in [-0.2, 0) is 4.79 Å². The molecule has 0 spiro atoms. The third-order valence-corrected chi connectivity index (χ3v) is 2.14. The van der Waals surface area contributed by atoms with Crippen molar-refractivity contribution in [2.24, 2.45) is 0 Å². The van der Waals surface area contributed by atoms with E-state index in [1.165, 1.54) is 0 Å². The van der Waals surface area contributed by atoms with E-state index in [0.717, 1.165) is 0 Å². The van der Waals surface area contributed by atoms with Crippen LogP contribution in [-0.4, -0.2) is 28.5 Å². The fraction of sp³-hybridized carbons (Fsp3) is 0.500. The molecule has 0 aliphatic heterocycles. The van der Waals surface area contributed by atoms with E-state index >= 15 is 0 Å². The number of hydrogen-bond acceptors (Lipinski definition) is 5. The van der Waals surface area contributed by atoms with E-state index in [1.807, 2.05) is 13.8 Å². The summed E-state index contributed by atoms with van der Waals surface area (Å²) >= 11 is 5.70. The molecule has 4 N–H and O–H groups in total. The lowest BCUT2D eigenvalue weighted by molar-refractivity contribution is -0.119. The zero-order valence-electron chi connectivity index (χ0n) is 10.0. The number of carbonyl (C=O) groups excluding carboxylic acids is 1. The van der Waals surface area contributed by atoms with Gasteiger partial charge < -0.3 is 16.4 Å². The second kappa shape index (κ2) is 5.67. The Hall–Kier alpha value is -1.56. The van der Waals surface area contributed by atoms with Crippen molar-refractivity contribution in [2.75, 3.05) is 17.6 Å². The van der Waals surface area contributed by atoms with E-state index in [2.05, 4.69) is 20.6 Å². The van der Waals surface area contributed by atoms with Crippen molar-refractivity contribution in [3.8, 4) is 0 Å². The molecule has 0 radical (unpaired) electrons. The quantitative estimate of drug-likeness (QED) is 0.699. The predicted molar refractivity (Wildman–Crippen MR) is 68.0 cm³/mol. The molecule has 0 saturated carbocycles. The Bertz CT molecular complexity index is 421. The van der Waals surface area contributed by atoms with Crippen LogP contribution in [0.5, 0.6) is 0 Å². The summed E-state index contributed by atoms with van der Waals surface area (Å²) in [7, 11) is 0. The number of hydrogen-bond donors (Lipinski definition) is 3. The maximum absolute atomic E-state index is 11.4. The van der Waals surface area contributed by atoms with Crippen molar-refractivity contribution in [2.45, 2.75) is 26.8 Å². The maximum atomic E-state index is 11.4. The van der Waals surface area contributed by atoms with Crippen LogP contribution in [0.3, 0.4) is 0 Å². The Labute approximate surface area is 105 Å². The van der Waals surface area contributed by atoms with Gasteiger partial charge in [-0.3, -0.25) is 4.79 Å². The summed E-state index contributed by atoms with van der Waals surface area (Å²) in [5, 5.41) is 5.67. The van der Waals surface area contributed by atoms with Gasteiger partial charge in [-0.05, 0) is 32.4 Å². The SMILES string of the molecule is Cc1nc(Cl)nc(NCC(=O)NC(C)C)c1N. The Morgan fingerprint density at radius 2 is 2.12 bits per heavy atom. The van der Waals surface area contributed by atoms with Crippen molar-refractivity contribution < 1.29 is 4.79 Å². The molecule has 0 aliphatic rings. The van der Waals surface area contributed by atoms with Crippen molar-refractivity contribution in [1.82, 2.24) is 15.3 Å². The summed E-state index contributed by atoms with van der Waals surface area (Å²) in [6, 6.07) is 0.0948. The van der Waals surface area contributed by atoms with Crippen LogP contribution in [0.25, 0.3) is 0 Å². The first-order valence-electron chi connectivity index (χ1n) is 5.23. The van der Waals surface area contributed by atoms with E-state index in [-0.39, 0.29) is 23.8 Å². The molecule has 6 nitrogen and oxygen atoms in total. The summed E-state index contributed by atoms with van der Waals surface area (Å²) in [4.78, 5) is 19.2. The van der Waals surface area contributed by atoms with E-state index in [4.69, 9.17) is 17.3 Å². The molecular weight excluding hydrogens is 242 g/mol. The summed E-state index contributed by atoms with van der Waals surface area (Å²) in [5.74, 6) is 0.244. The number of nitrogens with zero attached hydrogens (tertiary/aromatic N) is 2. The summed E-state index contributed by atoms with van der Waals surface area (Å²) in [6.45, 7) is 5.59. The Kier molecular flexibility index (Phi) is 4.51. The minimum atomic E-state index is -0.133. The molecule has 0 saturated heterocycles. The Morgan fingerprint density at radius 3 is 2.71 bits per heavy atom. The van der Waals surface area contributed by atoms with Crippen molar-refractivity contribution in [3.63, 3.8) is 0 Å². The highest BCUT2D eigenvalue weighted by molar-refractivity contribution is 6.28. The number of aryl methyl sites for hydroxylation is 1. The van der Waals surface area contributed by atoms with Gasteiger partial charge in [-0.25, -0.2) is 4.98 Å². The van der Waals surface area contributed by atoms with Gasteiger partial charge in [0, 0.05) is 6.04 Å². The van der Waals surface area contributed by atoms with E-state index in [0.29, 0.717) is 17.2 Å². The van der Waals surface area contributed by atoms with E-state index in [9.17, 15) is 4.79 Å². The van der Waals surface area contributed by atoms with Crippen LogP contribution in [0.2, 0.25) is 5.28 Å². The number of halogens is 1. The molecule has 0 unspecified atom stereocenters. The molecule has 1 amide bonds. The average molecular weight is 258 g/mol. The summed E-state index contributed by atoms with van der Waals surface area (Å²) in [6.07, 6.45) is 0. The van der Waals surface area contributed by atoms with Crippen LogP contribution in [0.1, 0.15) is 19.5 Å². The lowest BCUT2D eigenvalue weighted by Crippen LogP contribution is -2.35. The van der Waals surface area contributed by atoms with Crippen molar-refractivity contribution >= 4 is 29.0 Å². The molecule has 1 heterocycles. The highest BCUT2D eigenvalue weighted by Gasteiger charge is 2.09. The normalized spacial score (nSPS) is 10.4. The number of anilines is 2. The molecule has 1 rings (SSSR count). The molecule has 94 valence electrons. The van der Waals surface area contributed by atoms with Crippen molar-refractivity contribution in [3.05, 3.63) is 11.0 Å². The zero-order valence-corrected chi connectivity index (χ0v) is 10.8. The number of nitrogen functional groups attached to an aromatic ring is 1.